The van der Waals surface area contributed by atoms with Gasteiger partial charge in [-0.15, -0.1) is 0 Å². The van der Waals surface area contributed by atoms with Crippen LogP contribution in [0.1, 0.15) is 48.3 Å². The van der Waals surface area contributed by atoms with E-state index in [4.69, 9.17) is 16.2 Å². The predicted molar refractivity (Wildman–Crippen MR) is 151 cm³/mol. The molecule has 1 aliphatic heterocycles. The number of amides is 2. The molecular formula is C31H27F3N4O6. The summed E-state index contributed by atoms with van der Waals surface area (Å²) in [6, 6.07) is 12.4. The van der Waals surface area contributed by atoms with Crippen molar-refractivity contribution in [1.29, 1.82) is 0 Å². The summed E-state index contributed by atoms with van der Waals surface area (Å²) in [4.78, 5) is 45.5. The lowest BCUT2D eigenvalue weighted by molar-refractivity contribution is -0.189. The number of alkyl halides is 2. The van der Waals surface area contributed by atoms with Crippen LogP contribution in [0, 0.1) is 5.82 Å². The zero-order chi connectivity index (χ0) is 32.0. The van der Waals surface area contributed by atoms with Gasteiger partial charge in [-0.05, 0) is 68.8 Å². The molecule has 0 radical (unpaired) electrons. The van der Waals surface area contributed by atoms with E-state index in [9.17, 15) is 32.7 Å². The molecule has 2 atom stereocenters. The molecular weight excluding hydrogens is 581 g/mol. The summed E-state index contributed by atoms with van der Waals surface area (Å²) in [7, 11) is 0. The maximum atomic E-state index is 14.1. The molecule has 44 heavy (non-hydrogen) atoms. The molecule has 2 amide bonds. The smallest absolute Gasteiger partial charge is 0.482 e. The number of aliphatic hydroxyl groups is 1. The molecule has 1 aliphatic rings. The minimum atomic E-state index is -4.36. The van der Waals surface area contributed by atoms with Crippen molar-refractivity contribution in [2.75, 3.05) is 6.61 Å². The highest BCUT2D eigenvalue weighted by Crippen LogP contribution is 2.46. The number of primary amides is 2. The average Bonchev–Trinajstić information content (AvgIpc) is 3.33. The summed E-state index contributed by atoms with van der Waals surface area (Å²) >= 11 is 0. The topological polar surface area (TPSA) is 168 Å². The first kappa shape index (κ1) is 30.4. The monoisotopic (exact) mass is 608 g/mol. The fourth-order valence-corrected chi connectivity index (χ4v) is 4.88. The third kappa shape index (κ3) is 5.53. The summed E-state index contributed by atoms with van der Waals surface area (Å²) < 4.78 is 52.2. The number of rotatable bonds is 10. The summed E-state index contributed by atoms with van der Waals surface area (Å²) in [6.07, 6.45) is -3.50. The van der Waals surface area contributed by atoms with E-state index < -0.39 is 46.3 Å². The van der Waals surface area contributed by atoms with Gasteiger partial charge < -0.3 is 26.0 Å². The minimum absolute atomic E-state index is 0.0210. The van der Waals surface area contributed by atoms with E-state index in [1.54, 1.807) is 6.92 Å². The van der Waals surface area contributed by atoms with Crippen molar-refractivity contribution < 1.29 is 42.1 Å². The molecule has 4 aromatic rings. The van der Waals surface area contributed by atoms with Crippen LogP contribution in [0.15, 0.2) is 60.8 Å². The zero-order valence-electron chi connectivity index (χ0n) is 23.6. The highest BCUT2D eigenvalue weighted by molar-refractivity contribution is 6.01. The Morgan fingerprint density at radius 3 is 2.48 bits per heavy atom. The number of hydrogen-bond acceptors (Lipinski definition) is 8. The molecule has 2 aromatic carbocycles. The van der Waals surface area contributed by atoms with Crippen molar-refractivity contribution in [1.82, 2.24) is 9.97 Å². The Labute approximate surface area is 248 Å². The normalized spacial score (nSPS) is 17.4. The van der Waals surface area contributed by atoms with E-state index in [1.807, 2.05) is 0 Å². The number of nitrogens with zero attached hydrogens (tertiary/aromatic N) is 2. The first-order valence-corrected chi connectivity index (χ1v) is 13.4. The van der Waals surface area contributed by atoms with E-state index in [1.165, 1.54) is 61.7 Å². The molecule has 228 valence electrons. The van der Waals surface area contributed by atoms with Crippen molar-refractivity contribution in [2.45, 2.75) is 43.8 Å². The van der Waals surface area contributed by atoms with Gasteiger partial charge in [0.25, 0.3) is 0 Å². The third-order valence-electron chi connectivity index (χ3n) is 7.64. The number of ketones is 1. The molecule has 0 bridgehead atoms. The molecule has 5 N–H and O–H groups in total. The second kappa shape index (κ2) is 10.9. The van der Waals surface area contributed by atoms with Crippen LogP contribution in [-0.4, -0.2) is 45.4 Å². The van der Waals surface area contributed by atoms with E-state index >= 15 is 0 Å². The summed E-state index contributed by atoms with van der Waals surface area (Å²) in [5, 5.41) is 11.8. The molecule has 0 saturated carbocycles. The van der Waals surface area contributed by atoms with Crippen LogP contribution in [0.25, 0.3) is 22.2 Å². The van der Waals surface area contributed by atoms with E-state index in [2.05, 4.69) is 14.7 Å². The molecule has 2 aromatic heterocycles. The lowest BCUT2D eigenvalue weighted by atomic mass is 9.81. The molecule has 13 heteroatoms. The number of aromatic nitrogens is 2. The van der Waals surface area contributed by atoms with E-state index in [0.717, 1.165) is 6.07 Å². The molecule has 0 aliphatic carbocycles. The lowest BCUT2D eigenvalue weighted by Gasteiger charge is -2.26. The van der Waals surface area contributed by atoms with Gasteiger partial charge in [-0.25, -0.2) is 9.37 Å². The van der Waals surface area contributed by atoms with Gasteiger partial charge in [-0.3, -0.25) is 19.4 Å². The molecule has 0 fully saturated rings. The lowest BCUT2D eigenvalue weighted by Crippen LogP contribution is -2.40. The van der Waals surface area contributed by atoms with Crippen LogP contribution < -0.4 is 20.9 Å². The van der Waals surface area contributed by atoms with Crippen LogP contribution in [0.4, 0.5) is 13.2 Å². The van der Waals surface area contributed by atoms with Crippen molar-refractivity contribution in [3.05, 3.63) is 83.4 Å². The van der Waals surface area contributed by atoms with Crippen molar-refractivity contribution in [3.63, 3.8) is 0 Å². The summed E-state index contributed by atoms with van der Waals surface area (Å²) in [5.74, 6) is -3.98. The fourth-order valence-electron chi connectivity index (χ4n) is 4.88. The number of benzene rings is 2. The van der Waals surface area contributed by atoms with E-state index in [-0.39, 0.29) is 53.1 Å². The van der Waals surface area contributed by atoms with Gasteiger partial charge in [-0.2, -0.15) is 8.78 Å². The first-order valence-electron chi connectivity index (χ1n) is 13.4. The summed E-state index contributed by atoms with van der Waals surface area (Å²) in [5.41, 5.74) is 8.54. The Bertz CT molecular complexity index is 1810. The standard InChI is InChI=1S/C31H27F3N4O6/c1-29(27(35)40)15-43-26-20(29)14-23(38-25(26)16-5-7-19(32)8-6-16)30(2,42)10-9-21(39)18-12-17-4-3-11-37-24(17)22(13-18)44-31(33,34)28(36)41/h3-8,11-14,42H,9-10,15H2,1-2H3,(H2,35,40)(H2,36,41)/t29-,30-/m0/s1. The highest BCUT2D eigenvalue weighted by Gasteiger charge is 2.45. The third-order valence-corrected chi connectivity index (χ3v) is 7.64. The molecule has 0 unspecified atom stereocenters. The van der Waals surface area contributed by atoms with Crippen LogP contribution >= 0.6 is 0 Å². The van der Waals surface area contributed by atoms with Gasteiger partial charge in [0, 0.05) is 34.7 Å². The van der Waals surface area contributed by atoms with Crippen LogP contribution in [-0.2, 0) is 20.6 Å². The quantitative estimate of drug-likeness (QED) is 0.228. The van der Waals surface area contributed by atoms with Crippen molar-refractivity contribution in [3.8, 4) is 22.8 Å². The highest BCUT2D eigenvalue weighted by atomic mass is 19.3. The molecule has 10 nitrogen and oxygen atoms in total. The second-order valence-corrected chi connectivity index (χ2v) is 11.0. The van der Waals surface area contributed by atoms with Crippen LogP contribution in [0.3, 0.4) is 0 Å². The van der Waals surface area contributed by atoms with Gasteiger partial charge in [-0.1, -0.05) is 6.07 Å². The Balaban J connectivity index is 1.48. The number of ether oxygens (including phenoxy) is 2. The number of nitrogens with two attached hydrogens (primary N) is 2. The van der Waals surface area contributed by atoms with Gasteiger partial charge in [0.1, 0.15) is 40.4 Å². The fraction of sp³-hybridized carbons (Fsp3) is 0.258. The molecule has 0 spiro atoms. The number of carbonyl (C=O) groups is 3. The Hall–Kier alpha value is -5.04. The first-order chi connectivity index (χ1) is 20.6. The minimum Gasteiger partial charge on any atom is -0.489 e. The molecule has 5 rings (SSSR count). The Morgan fingerprint density at radius 2 is 1.82 bits per heavy atom. The Kier molecular flexibility index (Phi) is 7.54. The molecule has 0 saturated heterocycles. The molecule has 3 heterocycles. The van der Waals surface area contributed by atoms with Crippen molar-refractivity contribution >= 4 is 28.5 Å². The van der Waals surface area contributed by atoms with Crippen molar-refractivity contribution in [2.24, 2.45) is 11.5 Å². The Morgan fingerprint density at radius 1 is 1.11 bits per heavy atom. The van der Waals surface area contributed by atoms with Crippen LogP contribution in [0.2, 0.25) is 0 Å². The number of hydrogen-bond donors (Lipinski definition) is 3. The van der Waals surface area contributed by atoms with Gasteiger partial charge >= 0.3 is 12.0 Å². The van der Waals surface area contributed by atoms with E-state index in [0.29, 0.717) is 11.1 Å². The zero-order valence-corrected chi connectivity index (χ0v) is 23.6. The second-order valence-electron chi connectivity index (χ2n) is 11.0. The maximum absolute atomic E-state index is 14.1. The largest absolute Gasteiger partial charge is 0.489 e. The van der Waals surface area contributed by atoms with Gasteiger partial charge in [0.15, 0.2) is 11.5 Å². The maximum Gasteiger partial charge on any atom is 0.482 e. The number of fused-ring (bicyclic) bond motifs is 2. The number of Topliss-reactive ketones (excluding diaryl/α,β-unsaturated/α-hetero) is 1. The van der Waals surface area contributed by atoms with Gasteiger partial charge in [0.05, 0.1) is 5.69 Å². The summed E-state index contributed by atoms with van der Waals surface area (Å²) in [6.45, 7) is 2.94. The SMILES string of the molecule is C[C@](O)(CCC(=O)c1cc(OC(F)(F)C(N)=O)c2ncccc2c1)c1cc2c(c(-c3ccc(F)cc3)n1)OC[C@]2(C)C(N)=O. The predicted octanol–water partition coefficient (Wildman–Crippen LogP) is 3.90. The van der Waals surface area contributed by atoms with Gasteiger partial charge in [0.2, 0.25) is 5.91 Å². The number of carbonyl (C=O) groups excluding carboxylic acids is 3. The number of halogens is 3. The van der Waals surface area contributed by atoms with Crippen LogP contribution in [0.5, 0.6) is 11.5 Å². The average molecular weight is 609 g/mol. The number of pyridine rings is 2.